The zero-order valence-electron chi connectivity index (χ0n) is 18.0. The molecule has 1 fully saturated rings. The fourth-order valence-electron chi connectivity index (χ4n) is 4.00. The summed E-state index contributed by atoms with van der Waals surface area (Å²) >= 11 is 1.33. The second kappa shape index (κ2) is 9.52. The lowest BCUT2D eigenvalue weighted by Crippen LogP contribution is -2.49. The lowest BCUT2D eigenvalue weighted by molar-refractivity contribution is -0.139. The topological polar surface area (TPSA) is 90.2 Å². The molecule has 1 aliphatic heterocycles. The van der Waals surface area contributed by atoms with Gasteiger partial charge in [0.15, 0.2) is 11.6 Å². The Balaban J connectivity index is 1.31. The third kappa shape index (κ3) is 4.83. The smallest absolute Gasteiger partial charge is 0.338 e. The van der Waals surface area contributed by atoms with Gasteiger partial charge in [0.05, 0.1) is 11.3 Å². The average Bonchev–Trinajstić information content (AvgIpc) is 3.26. The van der Waals surface area contributed by atoms with E-state index in [1.165, 1.54) is 21.8 Å². The van der Waals surface area contributed by atoms with E-state index in [2.05, 4.69) is 18.8 Å². The first-order valence-electron chi connectivity index (χ1n) is 10.6. The number of fused-ring (bicyclic) bond motifs is 1. The number of aromatic nitrogens is 2. The first-order chi connectivity index (χ1) is 15.4. The van der Waals surface area contributed by atoms with Crippen LogP contribution in [0.4, 0.5) is 0 Å². The molecule has 9 heteroatoms. The Kier molecular flexibility index (Phi) is 6.55. The molecule has 0 unspecified atom stereocenters. The van der Waals surface area contributed by atoms with Crippen LogP contribution in [-0.4, -0.2) is 44.9 Å². The second-order valence-electron chi connectivity index (χ2n) is 7.96. The molecule has 1 aromatic carbocycles. The molecule has 2 atom stereocenters. The van der Waals surface area contributed by atoms with Crippen LogP contribution in [0, 0.1) is 0 Å². The van der Waals surface area contributed by atoms with E-state index in [9.17, 15) is 14.4 Å². The Bertz CT molecular complexity index is 1160. The Hall–Kier alpha value is -3.20. The van der Waals surface area contributed by atoms with E-state index in [1.807, 2.05) is 4.90 Å². The molecule has 3 heterocycles. The number of likely N-dealkylation sites (tertiary alicyclic amines) is 1. The highest BCUT2D eigenvalue weighted by Crippen LogP contribution is 2.23. The summed E-state index contributed by atoms with van der Waals surface area (Å²) in [5, 5.41) is 1.77. The van der Waals surface area contributed by atoms with Crippen molar-refractivity contribution in [3.63, 3.8) is 0 Å². The number of ether oxygens (including phenoxy) is 2. The number of nitrogens with zero attached hydrogens (tertiary/aromatic N) is 3. The summed E-state index contributed by atoms with van der Waals surface area (Å²) in [6.07, 6.45) is 4.81. The lowest BCUT2D eigenvalue weighted by atomic mass is 9.97. The second-order valence-corrected chi connectivity index (χ2v) is 8.83. The van der Waals surface area contributed by atoms with Crippen molar-refractivity contribution in [3.05, 3.63) is 63.5 Å². The average molecular weight is 456 g/mol. The number of hydrogen-bond donors (Lipinski definition) is 0. The number of piperidine rings is 1. The SMILES string of the molecule is C[C@@H]1CCC[C@H](C)N1C(=O)COc1ccc(C(=O)OCc2cc(=O)n3ccsc3n2)cc1. The van der Waals surface area contributed by atoms with Crippen molar-refractivity contribution in [2.24, 2.45) is 0 Å². The van der Waals surface area contributed by atoms with Gasteiger partial charge in [-0.3, -0.25) is 14.0 Å². The highest BCUT2D eigenvalue weighted by atomic mass is 32.1. The van der Waals surface area contributed by atoms with Crippen LogP contribution in [0.15, 0.2) is 46.7 Å². The fraction of sp³-hybridized carbons (Fsp3) is 0.391. The molecule has 0 spiro atoms. The van der Waals surface area contributed by atoms with Crippen molar-refractivity contribution in [2.75, 3.05) is 6.61 Å². The van der Waals surface area contributed by atoms with Crippen LogP contribution in [0.25, 0.3) is 4.96 Å². The van der Waals surface area contributed by atoms with Gasteiger partial charge in [0, 0.05) is 29.7 Å². The van der Waals surface area contributed by atoms with Crippen LogP contribution in [0.3, 0.4) is 0 Å². The number of rotatable bonds is 6. The zero-order chi connectivity index (χ0) is 22.7. The number of carbonyl (C=O) groups is 2. The Morgan fingerprint density at radius 3 is 2.59 bits per heavy atom. The van der Waals surface area contributed by atoms with E-state index in [4.69, 9.17) is 9.47 Å². The minimum absolute atomic E-state index is 0.0284. The molecule has 0 N–H and O–H groups in total. The maximum atomic E-state index is 12.6. The normalized spacial score (nSPS) is 18.5. The molecular weight excluding hydrogens is 430 g/mol. The lowest BCUT2D eigenvalue weighted by Gasteiger charge is -2.38. The van der Waals surface area contributed by atoms with Crippen molar-refractivity contribution in [2.45, 2.75) is 51.8 Å². The van der Waals surface area contributed by atoms with Gasteiger partial charge in [0.1, 0.15) is 12.4 Å². The van der Waals surface area contributed by atoms with E-state index in [-0.39, 0.29) is 36.8 Å². The van der Waals surface area contributed by atoms with Crippen LogP contribution < -0.4 is 10.3 Å². The number of amides is 1. The minimum Gasteiger partial charge on any atom is -0.484 e. The summed E-state index contributed by atoms with van der Waals surface area (Å²) in [7, 11) is 0. The maximum absolute atomic E-state index is 12.6. The molecule has 8 nitrogen and oxygen atoms in total. The van der Waals surface area contributed by atoms with Crippen molar-refractivity contribution in [1.29, 1.82) is 0 Å². The van der Waals surface area contributed by atoms with Crippen LogP contribution in [0.2, 0.25) is 0 Å². The van der Waals surface area contributed by atoms with Crippen molar-refractivity contribution in [1.82, 2.24) is 14.3 Å². The van der Waals surface area contributed by atoms with Crippen LogP contribution in [0.5, 0.6) is 5.75 Å². The molecule has 0 aliphatic carbocycles. The van der Waals surface area contributed by atoms with E-state index in [0.717, 1.165) is 19.3 Å². The van der Waals surface area contributed by atoms with Gasteiger partial charge in [-0.05, 0) is 57.4 Å². The molecule has 2 aromatic heterocycles. The van der Waals surface area contributed by atoms with Crippen LogP contribution >= 0.6 is 11.3 Å². The van der Waals surface area contributed by atoms with Gasteiger partial charge in [0.2, 0.25) is 0 Å². The summed E-state index contributed by atoms with van der Waals surface area (Å²) in [6.45, 7) is 4.00. The highest BCUT2D eigenvalue weighted by Gasteiger charge is 2.29. The van der Waals surface area contributed by atoms with Gasteiger partial charge in [0.25, 0.3) is 11.5 Å². The predicted molar refractivity (Wildman–Crippen MR) is 120 cm³/mol. The van der Waals surface area contributed by atoms with Gasteiger partial charge >= 0.3 is 5.97 Å². The van der Waals surface area contributed by atoms with E-state index in [1.54, 1.807) is 35.8 Å². The largest absolute Gasteiger partial charge is 0.484 e. The summed E-state index contributed by atoms with van der Waals surface area (Å²) in [5.74, 6) is -0.0545. The molecule has 168 valence electrons. The first-order valence-corrected chi connectivity index (χ1v) is 11.5. The number of thiazole rings is 1. The maximum Gasteiger partial charge on any atom is 0.338 e. The fourth-order valence-corrected chi connectivity index (χ4v) is 4.74. The molecule has 1 saturated heterocycles. The Morgan fingerprint density at radius 1 is 1.16 bits per heavy atom. The molecule has 3 aromatic rings. The molecule has 0 radical (unpaired) electrons. The molecular formula is C23H25N3O5S. The van der Waals surface area contributed by atoms with Gasteiger partial charge in [-0.2, -0.15) is 0 Å². The summed E-state index contributed by atoms with van der Waals surface area (Å²) in [6, 6.07) is 8.23. The molecule has 4 rings (SSSR count). The number of esters is 1. The number of carbonyl (C=O) groups excluding carboxylic acids is 2. The predicted octanol–water partition coefficient (Wildman–Crippen LogP) is 3.28. The van der Waals surface area contributed by atoms with Gasteiger partial charge in [-0.1, -0.05) is 0 Å². The monoisotopic (exact) mass is 455 g/mol. The summed E-state index contributed by atoms with van der Waals surface area (Å²) < 4.78 is 12.4. The highest BCUT2D eigenvalue weighted by molar-refractivity contribution is 7.15. The van der Waals surface area contributed by atoms with E-state index in [0.29, 0.717) is 22.0 Å². The quantitative estimate of drug-likeness (QED) is 0.530. The molecule has 0 saturated carbocycles. The third-order valence-corrected chi connectivity index (χ3v) is 6.40. The van der Waals surface area contributed by atoms with Crippen molar-refractivity contribution >= 4 is 28.2 Å². The number of benzene rings is 1. The van der Waals surface area contributed by atoms with Gasteiger partial charge in [-0.25, -0.2) is 9.78 Å². The van der Waals surface area contributed by atoms with Gasteiger partial charge in [-0.15, -0.1) is 11.3 Å². The summed E-state index contributed by atoms with van der Waals surface area (Å²) in [5.41, 5.74) is 0.521. The number of hydrogen-bond acceptors (Lipinski definition) is 7. The van der Waals surface area contributed by atoms with E-state index < -0.39 is 5.97 Å². The minimum atomic E-state index is -0.531. The third-order valence-electron chi connectivity index (χ3n) is 5.64. The standard InChI is InChI=1S/C23H25N3O5S/c1-15-4-3-5-16(2)26(15)21(28)14-30-19-8-6-17(7-9-19)22(29)31-13-18-12-20(27)25-10-11-32-23(25)24-18/h6-12,15-16H,3-5,13-14H2,1-2H3/t15-,16+. The zero-order valence-corrected chi connectivity index (χ0v) is 18.8. The molecule has 32 heavy (non-hydrogen) atoms. The Morgan fingerprint density at radius 2 is 1.88 bits per heavy atom. The van der Waals surface area contributed by atoms with Crippen molar-refractivity contribution in [3.8, 4) is 5.75 Å². The molecule has 1 aliphatic rings. The van der Waals surface area contributed by atoms with Crippen LogP contribution in [0.1, 0.15) is 49.2 Å². The Labute approximate surface area is 189 Å². The van der Waals surface area contributed by atoms with E-state index >= 15 is 0 Å². The van der Waals surface area contributed by atoms with Crippen molar-refractivity contribution < 1.29 is 19.1 Å². The molecule has 0 bridgehead atoms. The summed E-state index contributed by atoms with van der Waals surface area (Å²) in [4.78, 5) is 43.7. The van der Waals surface area contributed by atoms with Gasteiger partial charge < -0.3 is 14.4 Å². The first kappa shape index (κ1) is 22.0. The molecule has 1 amide bonds. The van der Waals surface area contributed by atoms with Crippen LogP contribution in [-0.2, 0) is 16.1 Å².